The van der Waals surface area contributed by atoms with Crippen LogP contribution in [0.25, 0.3) is 0 Å². The maximum absolute atomic E-state index is 12.3. The number of carbonyl (C=O) groups excluding carboxylic acids is 2. The van der Waals surface area contributed by atoms with Crippen molar-refractivity contribution >= 4 is 23.2 Å². The van der Waals surface area contributed by atoms with Crippen LogP contribution in [-0.4, -0.2) is 42.5 Å². The fraction of sp³-hybridized carbons (Fsp3) is 0.400. The molecule has 0 bridgehead atoms. The summed E-state index contributed by atoms with van der Waals surface area (Å²) < 4.78 is 5.62. The third-order valence-corrected chi connectivity index (χ3v) is 5.34. The van der Waals surface area contributed by atoms with E-state index in [9.17, 15) is 9.59 Å². The van der Waals surface area contributed by atoms with E-state index in [1.807, 2.05) is 52.7 Å². The summed E-state index contributed by atoms with van der Waals surface area (Å²) in [5.74, 6) is 0.995. The van der Waals surface area contributed by atoms with Gasteiger partial charge in [-0.2, -0.15) is 0 Å². The molecule has 1 aliphatic heterocycles. The number of carbonyl (C=O) groups is 2. The standard InChI is InChI=1S/C20H24N2O3S/c23-19(9-4-14-25-17-6-2-1-3-7-17)22-12-10-16(11-13-22)21-20(24)18-8-5-15-26-18/h1-3,5-8,15-16H,4,9-14H2,(H,21,24). The minimum Gasteiger partial charge on any atom is -0.494 e. The van der Waals surface area contributed by atoms with Gasteiger partial charge in [0.2, 0.25) is 5.91 Å². The first-order valence-electron chi connectivity index (χ1n) is 9.02. The van der Waals surface area contributed by atoms with E-state index >= 15 is 0 Å². The molecule has 2 aromatic rings. The van der Waals surface area contributed by atoms with Crippen molar-refractivity contribution in [3.63, 3.8) is 0 Å². The molecule has 0 saturated carbocycles. The third kappa shape index (κ3) is 5.33. The Bertz CT molecular complexity index is 695. The molecule has 26 heavy (non-hydrogen) atoms. The Morgan fingerprint density at radius 3 is 2.58 bits per heavy atom. The minimum absolute atomic E-state index is 0.0113. The number of nitrogens with one attached hydrogen (secondary N) is 1. The number of para-hydroxylation sites is 1. The third-order valence-electron chi connectivity index (χ3n) is 4.47. The molecule has 0 radical (unpaired) electrons. The van der Waals surface area contributed by atoms with Gasteiger partial charge in [-0.15, -0.1) is 11.3 Å². The molecule has 6 heteroatoms. The number of rotatable bonds is 7. The van der Waals surface area contributed by atoms with Crippen LogP contribution in [0.3, 0.4) is 0 Å². The van der Waals surface area contributed by atoms with E-state index in [1.54, 1.807) is 0 Å². The van der Waals surface area contributed by atoms with Crippen LogP contribution in [0.15, 0.2) is 47.8 Å². The van der Waals surface area contributed by atoms with Gasteiger partial charge in [0.05, 0.1) is 11.5 Å². The highest BCUT2D eigenvalue weighted by Crippen LogP contribution is 2.15. The molecule has 2 heterocycles. The summed E-state index contributed by atoms with van der Waals surface area (Å²) in [6.45, 7) is 1.95. The summed E-state index contributed by atoms with van der Waals surface area (Å²) >= 11 is 1.45. The largest absolute Gasteiger partial charge is 0.494 e. The van der Waals surface area contributed by atoms with Crippen LogP contribution in [0.5, 0.6) is 5.75 Å². The number of likely N-dealkylation sites (tertiary alicyclic amines) is 1. The van der Waals surface area contributed by atoms with Crippen LogP contribution in [0.2, 0.25) is 0 Å². The number of hydrogen-bond acceptors (Lipinski definition) is 4. The van der Waals surface area contributed by atoms with Gasteiger partial charge in [0.25, 0.3) is 5.91 Å². The minimum atomic E-state index is -0.0113. The van der Waals surface area contributed by atoms with E-state index in [1.165, 1.54) is 11.3 Å². The molecular formula is C20H24N2O3S. The van der Waals surface area contributed by atoms with Crippen molar-refractivity contribution in [1.29, 1.82) is 0 Å². The lowest BCUT2D eigenvalue weighted by Crippen LogP contribution is -2.46. The fourth-order valence-corrected chi connectivity index (χ4v) is 3.65. The van der Waals surface area contributed by atoms with Crippen molar-refractivity contribution in [3.05, 3.63) is 52.7 Å². The molecule has 1 N–H and O–H groups in total. The predicted molar refractivity (Wildman–Crippen MR) is 103 cm³/mol. The summed E-state index contributed by atoms with van der Waals surface area (Å²) in [5, 5.41) is 4.97. The van der Waals surface area contributed by atoms with E-state index in [-0.39, 0.29) is 17.9 Å². The number of benzene rings is 1. The first kappa shape index (κ1) is 18.5. The summed E-state index contributed by atoms with van der Waals surface area (Å²) in [6, 6.07) is 13.5. The molecule has 3 rings (SSSR count). The lowest BCUT2D eigenvalue weighted by atomic mass is 10.0. The van der Waals surface area contributed by atoms with E-state index in [4.69, 9.17) is 4.74 Å². The van der Waals surface area contributed by atoms with Crippen molar-refractivity contribution in [1.82, 2.24) is 10.2 Å². The molecule has 0 atom stereocenters. The maximum Gasteiger partial charge on any atom is 0.261 e. The maximum atomic E-state index is 12.3. The van der Waals surface area contributed by atoms with Gasteiger partial charge in [-0.1, -0.05) is 24.3 Å². The molecule has 0 unspecified atom stereocenters. The summed E-state index contributed by atoms with van der Waals surface area (Å²) in [5.41, 5.74) is 0. The first-order chi connectivity index (χ1) is 12.7. The second-order valence-electron chi connectivity index (χ2n) is 6.37. The molecule has 5 nitrogen and oxygen atoms in total. The Labute approximate surface area is 158 Å². The molecule has 1 aliphatic rings. The van der Waals surface area contributed by atoms with Crippen LogP contribution in [0.4, 0.5) is 0 Å². The molecule has 2 amide bonds. The van der Waals surface area contributed by atoms with Gasteiger partial charge in [0, 0.05) is 25.6 Å². The molecule has 1 fully saturated rings. The van der Waals surface area contributed by atoms with E-state index in [0.717, 1.165) is 23.5 Å². The molecular weight excluding hydrogens is 348 g/mol. The molecule has 138 valence electrons. The fourth-order valence-electron chi connectivity index (χ4n) is 3.03. The van der Waals surface area contributed by atoms with Crippen molar-refractivity contribution in [3.8, 4) is 5.75 Å². The van der Waals surface area contributed by atoms with Gasteiger partial charge < -0.3 is 15.0 Å². The molecule has 0 spiro atoms. The van der Waals surface area contributed by atoms with Crippen molar-refractivity contribution in [2.45, 2.75) is 31.7 Å². The Morgan fingerprint density at radius 2 is 1.88 bits per heavy atom. The van der Waals surface area contributed by atoms with Crippen LogP contribution in [-0.2, 0) is 4.79 Å². The molecule has 1 saturated heterocycles. The number of hydrogen-bond donors (Lipinski definition) is 1. The zero-order chi connectivity index (χ0) is 18.2. The van der Waals surface area contributed by atoms with Gasteiger partial charge in [0.1, 0.15) is 5.75 Å². The quantitative estimate of drug-likeness (QED) is 0.759. The number of thiophene rings is 1. The lowest BCUT2D eigenvalue weighted by molar-refractivity contribution is -0.132. The Balaban J connectivity index is 1.32. The van der Waals surface area contributed by atoms with Crippen molar-refractivity contribution in [2.75, 3.05) is 19.7 Å². The van der Waals surface area contributed by atoms with Crippen LogP contribution in [0.1, 0.15) is 35.4 Å². The average molecular weight is 372 g/mol. The van der Waals surface area contributed by atoms with Crippen LogP contribution in [0, 0.1) is 0 Å². The second-order valence-corrected chi connectivity index (χ2v) is 7.32. The Hall–Kier alpha value is -2.34. The first-order valence-corrected chi connectivity index (χ1v) is 9.90. The number of piperidine rings is 1. The SMILES string of the molecule is O=C(NC1CCN(C(=O)CCCOc2ccccc2)CC1)c1cccs1. The molecule has 1 aromatic heterocycles. The summed E-state index contributed by atoms with van der Waals surface area (Å²) in [7, 11) is 0. The van der Waals surface area contributed by atoms with Crippen molar-refractivity contribution < 1.29 is 14.3 Å². The highest BCUT2D eigenvalue weighted by Gasteiger charge is 2.24. The van der Waals surface area contributed by atoms with Crippen LogP contribution < -0.4 is 10.1 Å². The smallest absolute Gasteiger partial charge is 0.261 e. The van der Waals surface area contributed by atoms with Crippen molar-refractivity contribution in [2.24, 2.45) is 0 Å². The monoisotopic (exact) mass is 372 g/mol. The zero-order valence-electron chi connectivity index (χ0n) is 14.7. The molecule has 0 aliphatic carbocycles. The second kappa shape index (κ2) is 9.38. The average Bonchev–Trinajstić information content (AvgIpc) is 3.21. The van der Waals surface area contributed by atoms with Gasteiger partial charge >= 0.3 is 0 Å². The predicted octanol–water partition coefficient (Wildman–Crippen LogP) is 3.33. The number of ether oxygens (including phenoxy) is 1. The Morgan fingerprint density at radius 1 is 1.12 bits per heavy atom. The molecule has 1 aromatic carbocycles. The summed E-state index contributed by atoms with van der Waals surface area (Å²) in [6.07, 6.45) is 2.83. The highest BCUT2D eigenvalue weighted by atomic mass is 32.1. The van der Waals surface area contributed by atoms with Gasteiger partial charge in [0.15, 0.2) is 0 Å². The Kier molecular flexibility index (Phi) is 6.66. The number of amides is 2. The van der Waals surface area contributed by atoms with E-state index < -0.39 is 0 Å². The topological polar surface area (TPSA) is 58.6 Å². The van der Waals surface area contributed by atoms with Gasteiger partial charge in [-0.05, 0) is 42.8 Å². The lowest BCUT2D eigenvalue weighted by Gasteiger charge is -2.32. The highest BCUT2D eigenvalue weighted by molar-refractivity contribution is 7.12. The van der Waals surface area contributed by atoms with E-state index in [0.29, 0.717) is 32.5 Å². The van der Waals surface area contributed by atoms with Crippen LogP contribution >= 0.6 is 11.3 Å². The number of nitrogens with zero attached hydrogens (tertiary/aromatic N) is 1. The van der Waals surface area contributed by atoms with Gasteiger partial charge in [-0.25, -0.2) is 0 Å². The van der Waals surface area contributed by atoms with Gasteiger partial charge in [-0.3, -0.25) is 9.59 Å². The van der Waals surface area contributed by atoms with E-state index in [2.05, 4.69) is 5.32 Å². The summed E-state index contributed by atoms with van der Waals surface area (Å²) in [4.78, 5) is 27.0. The normalized spacial score (nSPS) is 14.8. The zero-order valence-corrected chi connectivity index (χ0v) is 15.5.